The van der Waals surface area contributed by atoms with Crippen molar-refractivity contribution in [3.8, 4) is 0 Å². The minimum absolute atomic E-state index is 0.0858. The Morgan fingerprint density at radius 3 is 2.54 bits per heavy atom. The van der Waals surface area contributed by atoms with E-state index in [1.165, 1.54) is 11.6 Å². The highest BCUT2D eigenvalue weighted by molar-refractivity contribution is 6.09. The lowest BCUT2D eigenvalue weighted by atomic mass is 9.96. The van der Waals surface area contributed by atoms with E-state index in [0.29, 0.717) is 12.0 Å². The van der Waals surface area contributed by atoms with Gasteiger partial charge < -0.3 is 5.32 Å². The summed E-state index contributed by atoms with van der Waals surface area (Å²) in [6.07, 6.45) is 5.28. The molecule has 24 heavy (non-hydrogen) atoms. The highest BCUT2D eigenvalue weighted by atomic mass is 16.5. The Hall–Kier alpha value is -3.18. The summed E-state index contributed by atoms with van der Waals surface area (Å²) in [5, 5.41) is 11.3. The number of amides is 2. The van der Waals surface area contributed by atoms with E-state index in [2.05, 4.69) is 5.32 Å². The molecular formula is C19H16N2O3. The molecule has 0 bridgehead atoms. The van der Waals surface area contributed by atoms with E-state index < -0.39 is 5.91 Å². The zero-order chi connectivity index (χ0) is 16.9. The Kier molecular flexibility index (Phi) is 4.54. The van der Waals surface area contributed by atoms with E-state index in [4.69, 9.17) is 5.21 Å². The van der Waals surface area contributed by atoms with Gasteiger partial charge >= 0.3 is 0 Å². The highest BCUT2D eigenvalue weighted by Crippen LogP contribution is 2.26. The maximum atomic E-state index is 12.2. The van der Waals surface area contributed by atoms with Crippen molar-refractivity contribution in [3.63, 3.8) is 0 Å². The van der Waals surface area contributed by atoms with Crippen LogP contribution in [-0.2, 0) is 16.0 Å². The van der Waals surface area contributed by atoms with Crippen LogP contribution in [0.4, 0.5) is 5.69 Å². The van der Waals surface area contributed by atoms with E-state index in [9.17, 15) is 9.59 Å². The van der Waals surface area contributed by atoms with Crippen LogP contribution in [0, 0.1) is 0 Å². The minimum Gasteiger partial charge on any atom is -0.322 e. The summed E-state index contributed by atoms with van der Waals surface area (Å²) in [6, 6.07) is 15.2. The molecule has 0 unspecified atom stereocenters. The standard InChI is InChI=1S/C19H16N2O3/c22-18(21-24)10-9-13-5-7-14(8-6-13)11-16-12-15-3-1-2-4-17(15)20-19(16)23/h1-11,24H,12H2,(H,20,23)(H,21,22)/b10-9+,16-11+. The predicted octanol–water partition coefficient (Wildman–Crippen LogP) is 2.78. The van der Waals surface area contributed by atoms with Gasteiger partial charge in [-0.3, -0.25) is 14.8 Å². The molecule has 2 aromatic rings. The van der Waals surface area contributed by atoms with Gasteiger partial charge in [0.05, 0.1) is 0 Å². The summed E-state index contributed by atoms with van der Waals surface area (Å²) >= 11 is 0. The Morgan fingerprint density at radius 2 is 1.79 bits per heavy atom. The van der Waals surface area contributed by atoms with E-state index in [0.717, 1.165) is 22.4 Å². The molecule has 1 aliphatic heterocycles. The van der Waals surface area contributed by atoms with Crippen molar-refractivity contribution >= 4 is 29.7 Å². The number of anilines is 1. The molecule has 0 atom stereocenters. The molecule has 0 radical (unpaired) electrons. The number of benzene rings is 2. The van der Waals surface area contributed by atoms with Gasteiger partial charge in [0.15, 0.2) is 0 Å². The van der Waals surface area contributed by atoms with Gasteiger partial charge in [-0.15, -0.1) is 0 Å². The number of hydrogen-bond donors (Lipinski definition) is 3. The smallest absolute Gasteiger partial charge is 0.267 e. The van der Waals surface area contributed by atoms with E-state index in [-0.39, 0.29) is 5.91 Å². The largest absolute Gasteiger partial charge is 0.322 e. The quantitative estimate of drug-likeness (QED) is 0.462. The third kappa shape index (κ3) is 3.59. The van der Waals surface area contributed by atoms with Crippen LogP contribution in [0.5, 0.6) is 0 Å². The second-order valence-electron chi connectivity index (χ2n) is 5.43. The zero-order valence-corrected chi connectivity index (χ0v) is 12.8. The average molecular weight is 320 g/mol. The lowest BCUT2D eigenvalue weighted by Crippen LogP contribution is -2.21. The van der Waals surface area contributed by atoms with Gasteiger partial charge in [-0.1, -0.05) is 42.5 Å². The lowest BCUT2D eigenvalue weighted by Gasteiger charge is -2.19. The van der Waals surface area contributed by atoms with Gasteiger partial charge in [0.25, 0.3) is 11.8 Å². The Morgan fingerprint density at radius 1 is 1.08 bits per heavy atom. The summed E-state index contributed by atoms with van der Waals surface area (Å²) in [7, 11) is 0. The Bertz CT molecular complexity index is 836. The monoisotopic (exact) mass is 320 g/mol. The number of nitrogens with one attached hydrogen (secondary N) is 2. The summed E-state index contributed by atoms with van der Waals surface area (Å²) in [5.41, 5.74) is 5.92. The summed E-state index contributed by atoms with van der Waals surface area (Å²) in [4.78, 5) is 23.1. The molecule has 5 heteroatoms. The molecule has 120 valence electrons. The van der Waals surface area contributed by atoms with Crippen LogP contribution in [0.3, 0.4) is 0 Å². The molecule has 1 heterocycles. The number of carbonyl (C=O) groups excluding carboxylic acids is 2. The number of hydroxylamine groups is 1. The van der Waals surface area contributed by atoms with Crippen LogP contribution in [0.1, 0.15) is 16.7 Å². The van der Waals surface area contributed by atoms with Crippen molar-refractivity contribution in [2.24, 2.45) is 0 Å². The van der Waals surface area contributed by atoms with Crippen LogP contribution in [0.15, 0.2) is 60.2 Å². The molecule has 5 nitrogen and oxygen atoms in total. The van der Waals surface area contributed by atoms with Crippen molar-refractivity contribution in [2.45, 2.75) is 6.42 Å². The van der Waals surface area contributed by atoms with Crippen LogP contribution < -0.4 is 10.8 Å². The maximum absolute atomic E-state index is 12.2. The summed E-state index contributed by atoms with van der Waals surface area (Å²) in [5.74, 6) is -0.670. The molecule has 3 N–H and O–H groups in total. The fourth-order valence-corrected chi connectivity index (χ4v) is 2.51. The first-order valence-electron chi connectivity index (χ1n) is 7.48. The second kappa shape index (κ2) is 6.93. The number of para-hydroxylation sites is 1. The lowest BCUT2D eigenvalue weighted by molar-refractivity contribution is -0.124. The first kappa shape index (κ1) is 15.7. The maximum Gasteiger partial charge on any atom is 0.267 e. The van der Waals surface area contributed by atoms with Crippen LogP contribution >= 0.6 is 0 Å². The average Bonchev–Trinajstić information content (AvgIpc) is 2.61. The van der Waals surface area contributed by atoms with Crippen LogP contribution in [0.25, 0.3) is 12.2 Å². The van der Waals surface area contributed by atoms with E-state index >= 15 is 0 Å². The Labute approximate surface area is 139 Å². The molecule has 0 aliphatic carbocycles. The van der Waals surface area contributed by atoms with Gasteiger partial charge in [0, 0.05) is 23.8 Å². The first-order valence-corrected chi connectivity index (χ1v) is 7.48. The van der Waals surface area contributed by atoms with Crippen molar-refractivity contribution in [1.29, 1.82) is 0 Å². The van der Waals surface area contributed by atoms with Gasteiger partial charge in [0.2, 0.25) is 0 Å². The molecule has 0 saturated heterocycles. The molecule has 2 aromatic carbocycles. The highest BCUT2D eigenvalue weighted by Gasteiger charge is 2.19. The van der Waals surface area contributed by atoms with Crippen molar-refractivity contribution in [1.82, 2.24) is 5.48 Å². The van der Waals surface area contributed by atoms with Gasteiger partial charge in [-0.05, 0) is 34.9 Å². The molecular weight excluding hydrogens is 304 g/mol. The van der Waals surface area contributed by atoms with Gasteiger partial charge in [-0.25, -0.2) is 5.48 Å². The van der Waals surface area contributed by atoms with Crippen molar-refractivity contribution in [3.05, 3.63) is 76.9 Å². The van der Waals surface area contributed by atoms with E-state index in [1.807, 2.05) is 54.6 Å². The number of fused-ring (bicyclic) bond motifs is 1. The predicted molar refractivity (Wildman–Crippen MR) is 92.2 cm³/mol. The van der Waals surface area contributed by atoms with Gasteiger partial charge in [-0.2, -0.15) is 0 Å². The van der Waals surface area contributed by atoms with Crippen molar-refractivity contribution < 1.29 is 14.8 Å². The normalized spacial score (nSPS) is 15.2. The topological polar surface area (TPSA) is 78.4 Å². The third-order valence-corrected chi connectivity index (χ3v) is 3.75. The molecule has 3 rings (SSSR count). The molecule has 0 fully saturated rings. The fraction of sp³-hybridized carbons (Fsp3) is 0.0526. The summed E-state index contributed by atoms with van der Waals surface area (Å²) < 4.78 is 0. The minimum atomic E-state index is -0.585. The molecule has 1 aliphatic rings. The van der Waals surface area contributed by atoms with Crippen LogP contribution in [0.2, 0.25) is 0 Å². The Balaban J connectivity index is 1.78. The SMILES string of the molecule is O=C(/C=C/c1ccc(/C=C2\Cc3ccccc3NC2=O)cc1)NO. The third-order valence-electron chi connectivity index (χ3n) is 3.75. The molecule has 0 aromatic heterocycles. The van der Waals surface area contributed by atoms with Crippen molar-refractivity contribution in [2.75, 3.05) is 5.32 Å². The molecule has 0 saturated carbocycles. The second-order valence-corrected chi connectivity index (χ2v) is 5.43. The first-order chi connectivity index (χ1) is 11.7. The van der Waals surface area contributed by atoms with E-state index in [1.54, 1.807) is 6.08 Å². The fourth-order valence-electron chi connectivity index (χ4n) is 2.51. The molecule has 0 spiro atoms. The van der Waals surface area contributed by atoms with Crippen LogP contribution in [-0.4, -0.2) is 17.0 Å². The summed E-state index contributed by atoms with van der Waals surface area (Å²) in [6.45, 7) is 0. The molecule has 2 amide bonds. The zero-order valence-electron chi connectivity index (χ0n) is 12.8. The van der Waals surface area contributed by atoms with Gasteiger partial charge in [0.1, 0.15) is 0 Å². The number of carbonyl (C=O) groups is 2. The number of hydrogen-bond acceptors (Lipinski definition) is 3. The number of rotatable bonds is 3.